The molecule has 0 aromatic heterocycles. The molecule has 0 spiro atoms. The molecule has 2 N–H and O–H groups in total. The fraction of sp³-hybridized carbons (Fsp3) is 0.462. The summed E-state index contributed by atoms with van der Waals surface area (Å²) in [6.07, 6.45) is 2.35. The molecule has 4 nitrogen and oxygen atoms in total. The van der Waals surface area contributed by atoms with Crippen LogP contribution in [0.2, 0.25) is 0 Å². The smallest absolute Gasteiger partial charge is 0.121 e. The molecule has 1 heterocycles. The van der Waals surface area contributed by atoms with Crippen LogP contribution in [0.4, 0.5) is 0 Å². The summed E-state index contributed by atoms with van der Waals surface area (Å²) in [7, 11) is 0. The first kappa shape index (κ1) is 11.9. The molecule has 1 fully saturated rings. The molecule has 2 atom stereocenters. The molecule has 0 aliphatic carbocycles. The van der Waals surface area contributed by atoms with Crippen molar-refractivity contribution >= 4 is 0 Å². The van der Waals surface area contributed by atoms with Gasteiger partial charge < -0.3 is 9.84 Å². The van der Waals surface area contributed by atoms with E-state index in [1.807, 2.05) is 6.07 Å². The molecule has 1 aromatic carbocycles. The number of aromatic hydroxyl groups is 1. The van der Waals surface area contributed by atoms with Crippen molar-refractivity contribution < 1.29 is 9.84 Å². The fourth-order valence-corrected chi connectivity index (χ4v) is 2.00. The highest BCUT2D eigenvalue weighted by atomic mass is 16.5. The van der Waals surface area contributed by atoms with Crippen molar-refractivity contribution in [1.29, 1.82) is 5.26 Å². The van der Waals surface area contributed by atoms with E-state index in [0.29, 0.717) is 6.54 Å². The number of phenols is 1. The zero-order valence-electron chi connectivity index (χ0n) is 9.60. The van der Waals surface area contributed by atoms with Crippen molar-refractivity contribution in [1.82, 2.24) is 5.32 Å². The van der Waals surface area contributed by atoms with Gasteiger partial charge in [-0.1, -0.05) is 12.1 Å². The van der Waals surface area contributed by atoms with E-state index in [2.05, 4.69) is 11.4 Å². The Morgan fingerprint density at radius 2 is 2.47 bits per heavy atom. The van der Waals surface area contributed by atoms with Crippen LogP contribution >= 0.6 is 0 Å². The second-order valence-corrected chi connectivity index (χ2v) is 4.20. The summed E-state index contributed by atoms with van der Waals surface area (Å²) < 4.78 is 5.49. The summed E-state index contributed by atoms with van der Waals surface area (Å²) >= 11 is 0. The second kappa shape index (κ2) is 5.67. The monoisotopic (exact) mass is 232 g/mol. The summed E-state index contributed by atoms with van der Waals surface area (Å²) in [4.78, 5) is 0. The number of rotatable bonds is 4. The van der Waals surface area contributed by atoms with Gasteiger partial charge in [0.1, 0.15) is 11.8 Å². The third-order valence-corrected chi connectivity index (χ3v) is 2.91. The number of nitriles is 1. The van der Waals surface area contributed by atoms with Gasteiger partial charge in [-0.25, -0.2) is 0 Å². The standard InChI is InChI=1S/C13H16N2O2/c14-8-13(10-3-1-4-11(16)7-10)15-9-12-5-2-6-17-12/h1,3-4,7,12-13,15-16H,2,5-6,9H2. The highest BCUT2D eigenvalue weighted by Crippen LogP contribution is 2.18. The number of ether oxygens (including phenoxy) is 1. The minimum atomic E-state index is -0.397. The molecule has 0 radical (unpaired) electrons. The maximum Gasteiger partial charge on any atom is 0.121 e. The molecule has 0 amide bonds. The number of benzene rings is 1. The van der Waals surface area contributed by atoms with Crippen LogP contribution < -0.4 is 5.32 Å². The molecular weight excluding hydrogens is 216 g/mol. The third-order valence-electron chi connectivity index (χ3n) is 2.91. The van der Waals surface area contributed by atoms with Crippen molar-refractivity contribution in [3.63, 3.8) is 0 Å². The summed E-state index contributed by atoms with van der Waals surface area (Å²) in [5, 5.41) is 21.6. The van der Waals surface area contributed by atoms with Gasteiger partial charge in [-0.15, -0.1) is 0 Å². The first-order valence-electron chi connectivity index (χ1n) is 5.83. The maximum atomic E-state index is 9.38. The Morgan fingerprint density at radius 1 is 1.59 bits per heavy atom. The lowest BCUT2D eigenvalue weighted by Crippen LogP contribution is -2.29. The van der Waals surface area contributed by atoms with Gasteiger partial charge in [0, 0.05) is 13.2 Å². The van der Waals surface area contributed by atoms with Gasteiger partial charge in [-0.2, -0.15) is 5.26 Å². The predicted octanol–water partition coefficient (Wildman–Crippen LogP) is 1.73. The Kier molecular flexibility index (Phi) is 3.97. The lowest BCUT2D eigenvalue weighted by atomic mass is 10.1. The maximum absolute atomic E-state index is 9.38. The lowest BCUT2D eigenvalue weighted by molar-refractivity contribution is 0.109. The minimum absolute atomic E-state index is 0.182. The van der Waals surface area contributed by atoms with E-state index in [1.165, 1.54) is 0 Å². The minimum Gasteiger partial charge on any atom is -0.508 e. The molecule has 4 heteroatoms. The van der Waals surface area contributed by atoms with Crippen molar-refractivity contribution in [2.45, 2.75) is 25.0 Å². The quantitative estimate of drug-likeness (QED) is 0.829. The second-order valence-electron chi connectivity index (χ2n) is 4.20. The van der Waals surface area contributed by atoms with Gasteiger partial charge >= 0.3 is 0 Å². The highest BCUT2D eigenvalue weighted by Gasteiger charge is 2.18. The van der Waals surface area contributed by atoms with Gasteiger partial charge in [0.2, 0.25) is 0 Å². The molecule has 1 saturated heterocycles. The van der Waals surface area contributed by atoms with E-state index < -0.39 is 6.04 Å². The average Bonchev–Trinajstić information content (AvgIpc) is 2.83. The zero-order valence-corrected chi connectivity index (χ0v) is 9.60. The Hall–Kier alpha value is -1.57. The van der Waals surface area contributed by atoms with Crippen LogP contribution in [0.25, 0.3) is 0 Å². The van der Waals surface area contributed by atoms with Crippen molar-refractivity contribution in [2.75, 3.05) is 13.2 Å². The summed E-state index contributed by atoms with van der Waals surface area (Å²) in [5.74, 6) is 0.182. The Balaban J connectivity index is 1.94. The number of hydrogen-bond acceptors (Lipinski definition) is 4. The number of nitrogens with one attached hydrogen (secondary N) is 1. The number of phenolic OH excluding ortho intramolecular Hbond substituents is 1. The van der Waals surface area contributed by atoms with Crippen LogP contribution in [0.5, 0.6) is 5.75 Å². The molecule has 90 valence electrons. The van der Waals surface area contributed by atoms with Crippen LogP contribution in [0.15, 0.2) is 24.3 Å². The van der Waals surface area contributed by atoms with Crippen LogP contribution in [-0.4, -0.2) is 24.4 Å². The predicted molar refractivity (Wildman–Crippen MR) is 63.4 cm³/mol. The Labute approximate surface area is 101 Å². The number of nitrogens with zero attached hydrogens (tertiary/aromatic N) is 1. The lowest BCUT2D eigenvalue weighted by Gasteiger charge is -2.15. The van der Waals surface area contributed by atoms with Gasteiger partial charge in [0.15, 0.2) is 0 Å². The summed E-state index contributed by atoms with van der Waals surface area (Å²) in [5.41, 5.74) is 0.783. The zero-order chi connectivity index (χ0) is 12.1. The molecular formula is C13H16N2O2. The van der Waals surface area contributed by atoms with E-state index in [1.54, 1.807) is 18.2 Å². The van der Waals surface area contributed by atoms with Crippen LogP contribution in [0, 0.1) is 11.3 Å². The topological polar surface area (TPSA) is 65.3 Å². The van der Waals surface area contributed by atoms with E-state index in [9.17, 15) is 5.11 Å². The molecule has 1 aliphatic heterocycles. The van der Waals surface area contributed by atoms with Crippen LogP contribution in [0.1, 0.15) is 24.4 Å². The first-order chi connectivity index (χ1) is 8.29. The fourth-order valence-electron chi connectivity index (χ4n) is 2.00. The van der Waals surface area contributed by atoms with E-state index in [0.717, 1.165) is 25.0 Å². The normalized spacial score (nSPS) is 21.0. The first-order valence-corrected chi connectivity index (χ1v) is 5.83. The van der Waals surface area contributed by atoms with Gasteiger partial charge in [-0.3, -0.25) is 5.32 Å². The molecule has 1 aliphatic rings. The van der Waals surface area contributed by atoms with Gasteiger partial charge in [0.05, 0.1) is 12.2 Å². The Morgan fingerprint density at radius 3 is 3.12 bits per heavy atom. The van der Waals surface area contributed by atoms with E-state index in [-0.39, 0.29) is 11.9 Å². The summed E-state index contributed by atoms with van der Waals surface area (Å²) in [6, 6.07) is 8.57. The largest absolute Gasteiger partial charge is 0.508 e. The molecule has 2 unspecified atom stereocenters. The molecule has 0 bridgehead atoms. The number of hydrogen-bond donors (Lipinski definition) is 2. The van der Waals surface area contributed by atoms with Crippen molar-refractivity contribution in [3.8, 4) is 11.8 Å². The Bertz CT molecular complexity index is 408. The van der Waals surface area contributed by atoms with Crippen LogP contribution in [0.3, 0.4) is 0 Å². The van der Waals surface area contributed by atoms with Gasteiger partial charge in [0.25, 0.3) is 0 Å². The van der Waals surface area contributed by atoms with Crippen molar-refractivity contribution in [2.24, 2.45) is 0 Å². The van der Waals surface area contributed by atoms with Crippen LogP contribution in [-0.2, 0) is 4.74 Å². The molecule has 1 aromatic rings. The summed E-state index contributed by atoms with van der Waals surface area (Å²) in [6.45, 7) is 1.49. The third kappa shape index (κ3) is 3.19. The van der Waals surface area contributed by atoms with Gasteiger partial charge in [-0.05, 0) is 30.5 Å². The van der Waals surface area contributed by atoms with Crippen molar-refractivity contribution in [3.05, 3.63) is 29.8 Å². The molecule has 2 rings (SSSR count). The average molecular weight is 232 g/mol. The molecule has 17 heavy (non-hydrogen) atoms. The SMILES string of the molecule is N#CC(NCC1CCCO1)c1cccc(O)c1. The highest BCUT2D eigenvalue weighted by molar-refractivity contribution is 5.32. The molecule has 0 saturated carbocycles. The van der Waals surface area contributed by atoms with E-state index in [4.69, 9.17) is 10.00 Å². The van der Waals surface area contributed by atoms with E-state index >= 15 is 0 Å².